The monoisotopic (exact) mass is 486 g/mol. The van der Waals surface area contributed by atoms with Crippen molar-refractivity contribution in [2.45, 2.75) is 32.2 Å². The third kappa shape index (κ3) is 6.29. The van der Waals surface area contributed by atoms with E-state index in [1.54, 1.807) is 19.2 Å². The first-order valence-electron chi connectivity index (χ1n) is 9.99. The van der Waals surface area contributed by atoms with Crippen molar-refractivity contribution >= 4 is 15.5 Å². The van der Waals surface area contributed by atoms with Crippen LogP contribution in [-0.2, 0) is 22.9 Å². The van der Waals surface area contributed by atoms with E-state index in [0.717, 1.165) is 11.6 Å². The van der Waals surface area contributed by atoms with E-state index < -0.39 is 32.8 Å². The Morgan fingerprint density at radius 2 is 1.82 bits per heavy atom. The van der Waals surface area contributed by atoms with Crippen LogP contribution in [-0.4, -0.2) is 56.6 Å². The van der Waals surface area contributed by atoms with Crippen LogP contribution in [0.15, 0.2) is 36.4 Å². The highest BCUT2D eigenvalue weighted by atomic mass is 32.2. The van der Waals surface area contributed by atoms with Crippen molar-refractivity contribution in [2.75, 3.05) is 25.7 Å². The van der Waals surface area contributed by atoms with Crippen LogP contribution in [0.4, 0.5) is 14.5 Å². The number of halogens is 2. The second-order valence-corrected chi connectivity index (χ2v) is 9.81. The maximum absolute atomic E-state index is 12.7. The summed E-state index contributed by atoms with van der Waals surface area (Å²) in [5.74, 6) is 0.0838. The summed E-state index contributed by atoms with van der Waals surface area (Å²) >= 11 is 0. The number of sulfone groups is 1. The van der Waals surface area contributed by atoms with Crippen LogP contribution in [0, 0.1) is 10.1 Å². The van der Waals surface area contributed by atoms with Gasteiger partial charge in [-0.15, -0.1) is 0 Å². The summed E-state index contributed by atoms with van der Waals surface area (Å²) in [6.07, 6.45) is 0.385. The molecule has 12 heteroatoms. The van der Waals surface area contributed by atoms with Gasteiger partial charge < -0.3 is 14.2 Å². The number of methoxy groups -OCH3 is 2. The zero-order valence-electron chi connectivity index (χ0n) is 18.1. The normalized spacial score (nSPS) is 17.3. The minimum atomic E-state index is -3.22. The lowest BCUT2D eigenvalue weighted by atomic mass is 10.1. The van der Waals surface area contributed by atoms with Gasteiger partial charge in [0.1, 0.15) is 5.75 Å². The summed E-state index contributed by atoms with van der Waals surface area (Å²) in [5.41, 5.74) is 0.621. The first kappa shape index (κ1) is 24.6. The molecule has 1 aliphatic rings. The van der Waals surface area contributed by atoms with Crippen molar-refractivity contribution in [1.82, 2.24) is 4.90 Å². The Bertz CT molecular complexity index is 1090. The molecule has 1 unspecified atom stereocenters. The molecular weight excluding hydrogens is 462 g/mol. The molecule has 0 bridgehead atoms. The first-order valence-corrected chi connectivity index (χ1v) is 11.8. The fourth-order valence-electron chi connectivity index (χ4n) is 3.80. The number of hydrogen-bond donors (Lipinski definition) is 0. The highest BCUT2D eigenvalue weighted by Gasteiger charge is 2.34. The van der Waals surface area contributed by atoms with E-state index in [0.29, 0.717) is 18.7 Å². The highest BCUT2D eigenvalue weighted by Crippen LogP contribution is 2.37. The zero-order valence-corrected chi connectivity index (χ0v) is 18.9. The maximum Gasteiger partial charge on any atom is 0.387 e. The molecule has 2 aromatic rings. The van der Waals surface area contributed by atoms with Crippen LogP contribution < -0.4 is 14.2 Å². The van der Waals surface area contributed by atoms with Gasteiger partial charge in [-0.3, -0.25) is 15.0 Å². The molecule has 1 saturated heterocycles. The molecular formula is C21H24F2N2O7S. The Kier molecular flexibility index (Phi) is 7.69. The molecule has 0 spiro atoms. The van der Waals surface area contributed by atoms with Gasteiger partial charge in [0, 0.05) is 24.7 Å². The number of nitro groups is 1. The smallest absolute Gasteiger partial charge is 0.387 e. The molecule has 180 valence electrons. The summed E-state index contributed by atoms with van der Waals surface area (Å²) in [7, 11) is -0.440. The van der Waals surface area contributed by atoms with E-state index in [-0.39, 0.29) is 35.4 Å². The molecule has 0 saturated carbocycles. The van der Waals surface area contributed by atoms with Gasteiger partial charge in [0.2, 0.25) is 0 Å². The van der Waals surface area contributed by atoms with Gasteiger partial charge in [-0.05, 0) is 30.2 Å². The molecule has 1 fully saturated rings. The Labute approximate surface area is 189 Å². The summed E-state index contributed by atoms with van der Waals surface area (Å²) in [5, 5.41) is 11.7. The minimum absolute atomic E-state index is 0.00779. The molecule has 1 aliphatic heterocycles. The number of benzene rings is 2. The minimum Gasteiger partial charge on any atom is -0.497 e. The number of alkyl halides is 2. The third-order valence-electron chi connectivity index (χ3n) is 5.42. The Morgan fingerprint density at radius 1 is 1.12 bits per heavy atom. The van der Waals surface area contributed by atoms with E-state index in [4.69, 9.17) is 9.47 Å². The van der Waals surface area contributed by atoms with E-state index >= 15 is 0 Å². The molecule has 0 radical (unpaired) electrons. The fourth-order valence-corrected chi connectivity index (χ4v) is 5.56. The quantitative estimate of drug-likeness (QED) is 0.371. The van der Waals surface area contributed by atoms with E-state index in [2.05, 4.69) is 4.74 Å². The molecule has 0 aromatic heterocycles. The molecule has 3 rings (SSSR count). The van der Waals surface area contributed by atoms with Crippen molar-refractivity contribution in [3.05, 3.63) is 57.6 Å². The summed E-state index contributed by atoms with van der Waals surface area (Å²) in [6, 6.07) is 8.99. The number of hydrogen-bond acceptors (Lipinski definition) is 8. The van der Waals surface area contributed by atoms with Crippen molar-refractivity contribution in [3.63, 3.8) is 0 Å². The number of nitrogens with zero attached hydrogens (tertiary/aromatic N) is 2. The van der Waals surface area contributed by atoms with Crippen LogP contribution in [0.1, 0.15) is 17.5 Å². The average Bonchev–Trinajstić information content (AvgIpc) is 3.13. The van der Waals surface area contributed by atoms with Crippen LogP contribution in [0.5, 0.6) is 17.2 Å². The van der Waals surface area contributed by atoms with Gasteiger partial charge in [-0.1, -0.05) is 12.1 Å². The maximum atomic E-state index is 12.7. The molecule has 0 amide bonds. The number of rotatable bonds is 10. The van der Waals surface area contributed by atoms with E-state index in [1.165, 1.54) is 13.2 Å². The summed E-state index contributed by atoms with van der Waals surface area (Å²) < 4.78 is 64.3. The van der Waals surface area contributed by atoms with Gasteiger partial charge in [0.25, 0.3) is 5.69 Å². The number of nitro benzene ring substituents is 1. The predicted molar refractivity (Wildman–Crippen MR) is 116 cm³/mol. The average molecular weight is 486 g/mol. The third-order valence-corrected chi connectivity index (χ3v) is 7.17. The van der Waals surface area contributed by atoms with Gasteiger partial charge >= 0.3 is 6.61 Å². The molecule has 1 heterocycles. The molecule has 1 atom stereocenters. The Balaban J connectivity index is 1.97. The standard InChI is InChI=1S/C21H24F2N2O7S/c1-30-17-5-3-14(4-6-17)11-24(16-7-8-33(28,29)13-16)12-15-9-19(31-2)20(32-21(22)23)10-18(15)25(26)27/h3-6,9-10,16,21H,7-8,11-13H2,1-2H3. The van der Waals surface area contributed by atoms with Crippen LogP contribution >= 0.6 is 0 Å². The number of ether oxygens (including phenoxy) is 3. The van der Waals surface area contributed by atoms with Crippen LogP contribution in [0.3, 0.4) is 0 Å². The van der Waals surface area contributed by atoms with Crippen molar-refractivity contribution in [2.24, 2.45) is 0 Å². The summed E-state index contributed by atoms with van der Waals surface area (Å²) in [6.45, 7) is -2.85. The molecule has 2 aromatic carbocycles. The van der Waals surface area contributed by atoms with Crippen LogP contribution in [0.2, 0.25) is 0 Å². The topological polar surface area (TPSA) is 108 Å². The second-order valence-electron chi connectivity index (χ2n) is 7.58. The first-order chi connectivity index (χ1) is 15.6. The highest BCUT2D eigenvalue weighted by molar-refractivity contribution is 7.91. The van der Waals surface area contributed by atoms with Gasteiger partial charge in [-0.25, -0.2) is 8.42 Å². The molecule has 33 heavy (non-hydrogen) atoms. The van der Waals surface area contributed by atoms with Gasteiger partial charge in [0.05, 0.1) is 36.7 Å². The van der Waals surface area contributed by atoms with E-state index in [9.17, 15) is 27.3 Å². The van der Waals surface area contributed by atoms with Crippen molar-refractivity contribution in [1.29, 1.82) is 0 Å². The largest absolute Gasteiger partial charge is 0.497 e. The lowest BCUT2D eigenvalue weighted by molar-refractivity contribution is -0.385. The SMILES string of the molecule is COc1ccc(CN(Cc2cc(OC)c(OC(F)F)cc2[N+](=O)[O-])C2CCS(=O)(=O)C2)cc1. The Morgan fingerprint density at radius 3 is 2.33 bits per heavy atom. The Hall–Kier alpha value is -2.99. The zero-order chi connectivity index (χ0) is 24.2. The fraction of sp³-hybridized carbons (Fsp3) is 0.429. The van der Waals surface area contributed by atoms with Crippen molar-refractivity contribution < 1.29 is 36.3 Å². The molecule has 9 nitrogen and oxygen atoms in total. The lowest BCUT2D eigenvalue weighted by Gasteiger charge is -2.28. The molecule has 0 N–H and O–H groups in total. The lowest BCUT2D eigenvalue weighted by Crippen LogP contribution is -2.35. The molecule has 0 aliphatic carbocycles. The van der Waals surface area contributed by atoms with Crippen LogP contribution in [0.25, 0.3) is 0 Å². The van der Waals surface area contributed by atoms with E-state index in [1.807, 2.05) is 17.0 Å². The van der Waals surface area contributed by atoms with Gasteiger partial charge in [-0.2, -0.15) is 8.78 Å². The van der Waals surface area contributed by atoms with Gasteiger partial charge in [0.15, 0.2) is 21.3 Å². The van der Waals surface area contributed by atoms with Crippen molar-refractivity contribution in [3.8, 4) is 17.2 Å². The summed E-state index contributed by atoms with van der Waals surface area (Å²) in [4.78, 5) is 12.8. The second kappa shape index (κ2) is 10.3. The predicted octanol–water partition coefficient (Wildman–Crippen LogP) is 3.40.